The lowest BCUT2D eigenvalue weighted by Crippen LogP contribution is -2.03. The second-order valence-electron chi connectivity index (χ2n) is 3.99. The minimum atomic E-state index is -3.77. The number of halogens is 1. The Morgan fingerprint density at radius 3 is 2.20 bits per heavy atom. The van der Waals surface area contributed by atoms with Gasteiger partial charge in [-0.1, -0.05) is 46.3 Å². The van der Waals surface area contributed by atoms with Crippen LogP contribution in [0.3, 0.4) is 0 Å². The lowest BCUT2D eigenvalue weighted by Gasteiger charge is -2.02. The van der Waals surface area contributed by atoms with E-state index in [2.05, 4.69) is 15.9 Å². The van der Waals surface area contributed by atoms with Crippen molar-refractivity contribution in [1.29, 1.82) is 5.26 Å². The van der Waals surface area contributed by atoms with Gasteiger partial charge < -0.3 is 0 Å². The minimum Gasteiger partial charge on any atom is -0.218 e. The highest BCUT2D eigenvalue weighted by Crippen LogP contribution is 2.21. The van der Waals surface area contributed by atoms with Gasteiger partial charge >= 0.3 is 0 Å². The molecule has 0 bridgehead atoms. The minimum absolute atomic E-state index is 0.116. The van der Waals surface area contributed by atoms with E-state index in [1.165, 1.54) is 18.2 Å². The highest BCUT2D eigenvalue weighted by atomic mass is 79.9. The number of nitrogens with zero attached hydrogens (tertiary/aromatic N) is 1. The third kappa shape index (κ3) is 3.16. The molecule has 2 rings (SSSR count). The van der Waals surface area contributed by atoms with E-state index < -0.39 is 9.84 Å². The molecule has 0 aliphatic rings. The van der Waals surface area contributed by atoms with Crippen LogP contribution in [0.4, 0.5) is 0 Å². The second kappa shape index (κ2) is 6.04. The SMILES string of the molecule is N#C/C(=C\c1ccc(Br)cc1)S(=O)(=O)c1ccccc1. The topological polar surface area (TPSA) is 57.9 Å². The van der Waals surface area contributed by atoms with E-state index in [9.17, 15) is 8.42 Å². The lowest BCUT2D eigenvalue weighted by atomic mass is 10.2. The molecule has 0 heterocycles. The van der Waals surface area contributed by atoms with Gasteiger partial charge in [0.15, 0.2) is 0 Å². The first kappa shape index (κ1) is 14.5. The average molecular weight is 348 g/mol. The Hall–Kier alpha value is -1.90. The summed E-state index contributed by atoms with van der Waals surface area (Å²) >= 11 is 3.30. The fourth-order valence-electron chi connectivity index (χ4n) is 1.61. The van der Waals surface area contributed by atoms with E-state index in [4.69, 9.17) is 5.26 Å². The maximum atomic E-state index is 12.3. The van der Waals surface area contributed by atoms with E-state index in [1.54, 1.807) is 48.5 Å². The van der Waals surface area contributed by atoms with Crippen LogP contribution in [-0.4, -0.2) is 8.42 Å². The molecule has 0 atom stereocenters. The van der Waals surface area contributed by atoms with Crippen molar-refractivity contribution in [3.05, 3.63) is 69.5 Å². The van der Waals surface area contributed by atoms with E-state index in [-0.39, 0.29) is 9.80 Å². The Bertz CT molecular complexity index is 773. The van der Waals surface area contributed by atoms with Gasteiger partial charge in [-0.15, -0.1) is 0 Å². The zero-order valence-corrected chi connectivity index (χ0v) is 12.7. The molecule has 0 aliphatic heterocycles. The van der Waals surface area contributed by atoms with Crippen LogP contribution >= 0.6 is 15.9 Å². The number of hydrogen-bond acceptors (Lipinski definition) is 3. The molecule has 0 aromatic heterocycles. The number of hydrogen-bond donors (Lipinski definition) is 0. The quantitative estimate of drug-likeness (QED) is 0.793. The van der Waals surface area contributed by atoms with E-state index in [0.717, 1.165) is 4.47 Å². The van der Waals surface area contributed by atoms with Crippen LogP contribution in [0.1, 0.15) is 5.56 Å². The van der Waals surface area contributed by atoms with Crippen molar-refractivity contribution in [2.24, 2.45) is 0 Å². The highest BCUT2D eigenvalue weighted by Gasteiger charge is 2.20. The van der Waals surface area contributed by atoms with Gasteiger partial charge in [-0.2, -0.15) is 5.26 Å². The first-order valence-electron chi connectivity index (χ1n) is 5.71. The van der Waals surface area contributed by atoms with Crippen molar-refractivity contribution in [3.63, 3.8) is 0 Å². The first-order valence-corrected chi connectivity index (χ1v) is 7.99. The molecule has 0 radical (unpaired) electrons. The molecule has 0 N–H and O–H groups in total. The predicted molar refractivity (Wildman–Crippen MR) is 81.4 cm³/mol. The van der Waals surface area contributed by atoms with Crippen LogP contribution in [0.25, 0.3) is 6.08 Å². The Labute approximate surface area is 126 Å². The van der Waals surface area contributed by atoms with Crippen molar-refractivity contribution >= 4 is 31.8 Å². The summed E-state index contributed by atoms with van der Waals surface area (Å²) in [6.45, 7) is 0. The van der Waals surface area contributed by atoms with Crippen molar-refractivity contribution in [3.8, 4) is 6.07 Å². The van der Waals surface area contributed by atoms with Crippen molar-refractivity contribution < 1.29 is 8.42 Å². The Balaban J connectivity index is 2.48. The van der Waals surface area contributed by atoms with Gasteiger partial charge in [0.25, 0.3) is 0 Å². The molecule has 0 spiro atoms. The molecule has 0 amide bonds. The van der Waals surface area contributed by atoms with Crippen LogP contribution < -0.4 is 0 Å². The maximum Gasteiger partial charge on any atom is 0.216 e. The zero-order chi connectivity index (χ0) is 14.6. The van der Waals surface area contributed by atoms with E-state index in [0.29, 0.717) is 5.56 Å². The Morgan fingerprint density at radius 2 is 1.65 bits per heavy atom. The van der Waals surface area contributed by atoms with Gasteiger partial charge in [0, 0.05) is 4.47 Å². The lowest BCUT2D eigenvalue weighted by molar-refractivity contribution is 0.603. The molecule has 0 aliphatic carbocycles. The van der Waals surface area contributed by atoms with Gasteiger partial charge in [0.05, 0.1) is 4.90 Å². The number of rotatable bonds is 3. The van der Waals surface area contributed by atoms with E-state index >= 15 is 0 Å². The Morgan fingerprint density at radius 1 is 1.05 bits per heavy atom. The summed E-state index contributed by atoms with van der Waals surface area (Å²) in [5.74, 6) is 0. The standard InChI is InChI=1S/C15H10BrNO2S/c16-13-8-6-12(7-9-13)10-15(11-17)20(18,19)14-4-2-1-3-5-14/h1-10H/b15-10+. The summed E-state index contributed by atoms with van der Waals surface area (Å²) in [5, 5.41) is 9.13. The number of benzene rings is 2. The smallest absolute Gasteiger partial charge is 0.216 e. The predicted octanol–water partition coefficient (Wildman–Crippen LogP) is 3.79. The molecule has 5 heteroatoms. The summed E-state index contributed by atoms with van der Waals surface area (Å²) in [7, 11) is -3.77. The van der Waals surface area contributed by atoms with Gasteiger partial charge in [0.1, 0.15) is 11.0 Å². The number of nitriles is 1. The molecule has 2 aromatic carbocycles. The molecular formula is C15H10BrNO2S. The number of sulfone groups is 1. The van der Waals surface area contributed by atoms with Crippen LogP contribution in [0, 0.1) is 11.3 Å². The largest absolute Gasteiger partial charge is 0.218 e. The van der Waals surface area contributed by atoms with Crippen molar-refractivity contribution in [2.75, 3.05) is 0 Å². The Kier molecular flexibility index (Phi) is 4.38. The van der Waals surface area contributed by atoms with Crippen LogP contribution in [-0.2, 0) is 9.84 Å². The van der Waals surface area contributed by atoms with Gasteiger partial charge in [-0.05, 0) is 35.9 Å². The molecule has 0 saturated heterocycles. The van der Waals surface area contributed by atoms with Crippen molar-refractivity contribution in [1.82, 2.24) is 0 Å². The molecule has 3 nitrogen and oxygen atoms in total. The highest BCUT2D eigenvalue weighted by molar-refractivity contribution is 9.10. The first-order chi connectivity index (χ1) is 9.54. The molecule has 0 saturated carbocycles. The molecule has 2 aromatic rings. The van der Waals surface area contributed by atoms with Crippen LogP contribution in [0.15, 0.2) is 68.9 Å². The third-order valence-corrected chi connectivity index (χ3v) is 4.83. The van der Waals surface area contributed by atoms with Crippen LogP contribution in [0.5, 0.6) is 0 Å². The summed E-state index contributed by atoms with van der Waals surface area (Å²) in [5.41, 5.74) is 0.657. The molecule has 20 heavy (non-hydrogen) atoms. The van der Waals surface area contributed by atoms with Crippen LogP contribution in [0.2, 0.25) is 0 Å². The number of allylic oxidation sites excluding steroid dienone is 1. The second-order valence-corrected chi connectivity index (χ2v) is 6.82. The van der Waals surface area contributed by atoms with Gasteiger partial charge in [-0.25, -0.2) is 8.42 Å². The summed E-state index contributed by atoms with van der Waals surface area (Å²) in [4.78, 5) is -0.157. The molecule has 0 fully saturated rings. The molecular weight excluding hydrogens is 338 g/mol. The zero-order valence-electron chi connectivity index (χ0n) is 10.3. The van der Waals surface area contributed by atoms with E-state index in [1.807, 2.05) is 0 Å². The normalized spacial score (nSPS) is 11.9. The van der Waals surface area contributed by atoms with Gasteiger partial charge in [0.2, 0.25) is 9.84 Å². The average Bonchev–Trinajstić information content (AvgIpc) is 2.47. The molecule has 0 unspecified atom stereocenters. The summed E-state index contributed by atoms with van der Waals surface area (Å²) in [6, 6.07) is 16.7. The third-order valence-electron chi connectivity index (χ3n) is 2.62. The fourth-order valence-corrected chi connectivity index (χ4v) is 3.05. The fraction of sp³-hybridized carbons (Fsp3) is 0. The summed E-state index contributed by atoms with van der Waals surface area (Å²) in [6.07, 6.45) is 1.37. The van der Waals surface area contributed by atoms with Gasteiger partial charge in [-0.3, -0.25) is 0 Å². The monoisotopic (exact) mass is 347 g/mol. The molecule has 100 valence electrons. The van der Waals surface area contributed by atoms with Crippen molar-refractivity contribution in [2.45, 2.75) is 4.90 Å². The maximum absolute atomic E-state index is 12.3. The summed E-state index contributed by atoms with van der Waals surface area (Å²) < 4.78 is 25.6.